The maximum Gasteiger partial charge on any atom is 0.232 e. The average molecular weight is 508 g/mol. The Morgan fingerprint density at radius 3 is 2.50 bits per heavy atom. The lowest BCUT2D eigenvalue weighted by molar-refractivity contribution is 0.313. The molecule has 0 atom stereocenters. The molecule has 0 saturated carbocycles. The van der Waals surface area contributed by atoms with Crippen LogP contribution in [0.2, 0.25) is 0 Å². The van der Waals surface area contributed by atoms with Crippen LogP contribution in [0, 0.1) is 0 Å². The zero-order valence-corrected chi connectivity index (χ0v) is 21.2. The Bertz CT molecular complexity index is 1460. The van der Waals surface area contributed by atoms with Gasteiger partial charge in [-0.3, -0.25) is 4.31 Å². The predicted octanol–water partition coefficient (Wildman–Crippen LogP) is 2.99. The van der Waals surface area contributed by atoms with E-state index in [2.05, 4.69) is 47.4 Å². The van der Waals surface area contributed by atoms with Crippen molar-refractivity contribution in [3.05, 3.63) is 54.9 Å². The molecule has 3 aromatic heterocycles. The van der Waals surface area contributed by atoms with Crippen molar-refractivity contribution in [2.24, 2.45) is 0 Å². The molecule has 5 rings (SSSR count). The number of hydrogen-bond donors (Lipinski definition) is 3. The van der Waals surface area contributed by atoms with Crippen LogP contribution < -0.4 is 19.8 Å². The number of pyridine rings is 1. The number of hydrogen-bond acceptors (Lipinski definition) is 9. The average Bonchev–Trinajstić information content (AvgIpc) is 3.33. The molecule has 4 heterocycles. The lowest BCUT2D eigenvalue weighted by Gasteiger charge is -2.33. The monoisotopic (exact) mass is 507 g/mol. The Kier molecular flexibility index (Phi) is 6.37. The summed E-state index contributed by atoms with van der Waals surface area (Å²) in [5.74, 6) is 1.52. The molecule has 0 bridgehead atoms. The number of piperazine rings is 1. The van der Waals surface area contributed by atoms with E-state index in [1.165, 1.54) is 17.6 Å². The van der Waals surface area contributed by atoms with Crippen molar-refractivity contribution in [1.29, 1.82) is 0 Å². The number of rotatable bonds is 7. The highest BCUT2D eigenvalue weighted by Crippen LogP contribution is 2.32. The Balaban J connectivity index is 1.40. The van der Waals surface area contributed by atoms with Gasteiger partial charge in [0.1, 0.15) is 17.3 Å². The van der Waals surface area contributed by atoms with Crippen LogP contribution in [0.25, 0.3) is 11.0 Å². The molecule has 0 amide bonds. The molecule has 0 unspecified atom stereocenters. The van der Waals surface area contributed by atoms with Gasteiger partial charge in [0.15, 0.2) is 0 Å². The maximum atomic E-state index is 12.1. The number of nitrogens with zero attached hydrogens (tertiary/aromatic N) is 6. The molecular weight excluding hydrogens is 478 g/mol. The number of likely N-dealkylation sites (N-methyl/N-ethyl adjacent to an activating group) is 1. The zero-order valence-electron chi connectivity index (χ0n) is 20.4. The normalized spacial score (nSPS) is 14.7. The molecule has 1 fully saturated rings. The third-order valence-corrected chi connectivity index (χ3v) is 7.46. The number of aromatic amines is 1. The molecule has 11 nitrogen and oxygen atoms in total. The first-order valence-electron chi connectivity index (χ1n) is 11.6. The standard InChI is InChI=1S/C24H29N9O2S/c1-31-12-14-33(15-13-31)17-8-9-21(26-16-17)28-24-29-22-18(10-11-25-22)23(30-24)27-19-6-4-5-7-20(19)32(2)36(3,34)35/h4-11,16H,12-15H2,1-3H3,(H3,25,26,27,28,29,30). The summed E-state index contributed by atoms with van der Waals surface area (Å²) >= 11 is 0. The first-order valence-corrected chi connectivity index (χ1v) is 13.4. The van der Waals surface area contributed by atoms with Gasteiger partial charge < -0.3 is 25.4 Å². The highest BCUT2D eigenvalue weighted by molar-refractivity contribution is 7.92. The van der Waals surface area contributed by atoms with E-state index in [1.807, 2.05) is 36.5 Å². The third kappa shape index (κ3) is 5.04. The summed E-state index contributed by atoms with van der Waals surface area (Å²) in [5, 5.41) is 7.25. The minimum Gasteiger partial charge on any atom is -0.368 e. The van der Waals surface area contributed by atoms with Gasteiger partial charge in [-0.05, 0) is 37.4 Å². The summed E-state index contributed by atoms with van der Waals surface area (Å²) < 4.78 is 25.5. The molecule has 1 aliphatic rings. The largest absolute Gasteiger partial charge is 0.368 e. The van der Waals surface area contributed by atoms with E-state index in [0.29, 0.717) is 34.6 Å². The number of aromatic nitrogens is 4. The second-order valence-corrected chi connectivity index (χ2v) is 10.8. The highest BCUT2D eigenvalue weighted by atomic mass is 32.2. The number of para-hydroxylation sites is 2. The number of anilines is 6. The summed E-state index contributed by atoms with van der Waals surface area (Å²) in [6.07, 6.45) is 4.81. The molecule has 1 aromatic carbocycles. The number of sulfonamides is 1. The van der Waals surface area contributed by atoms with Crippen LogP contribution >= 0.6 is 0 Å². The lowest BCUT2D eigenvalue weighted by atomic mass is 10.2. The van der Waals surface area contributed by atoms with Crippen LogP contribution in [-0.4, -0.2) is 79.8 Å². The Labute approximate surface area is 210 Å². The van der Waals surface area contributed by atoms with Crippen LogP contribution in [0.5, 0.6) is 0 Å². The van der Waals surface area contributed by atoms with Crippen molar-refractivity contribution in [3.63, 3.8) is 0 Å². The van der Waals surface area contributed by atoms with Crippen molar-refractivity contribution >= 4 is 55.7 Å². The van der Waals surface area contributed by atoms with E-state index >= 15 is 0 Å². The van der Waals surface area contributed by atoms with Crippen molar-refractivity contribution in [2.45, 2.75) is 0 Å². The second-order valence-electron chi connectivity index (χ2n) is 8.83. The summed E-state index contributed by atoms with van der Waals surface area (Å²) in [7, 11) is 0.216. The smallest absolute Gasteiger partial charge is 0.232 e. The Morgan fingerprint density at radius 1 is 1.00 bits per heavy atom. The summed E-state index contributed by atoms with van der Waals surface area (Å²) in [6.45, 7) is 4.01. The van der Waals surface area contributed by atoms with Gasteiger partial charge in [0.2, 0.25) is 16.0 Å². The number of nitrogens with one attached hydrogen (secondary N) is 3. The lowest BCUT2D eigenvalue weighted by Crippen LogP contribution is -2.44. The molecular formula is C24H29N9O2S. The van der Waals surface area contributed by atoms with Gasteiger partial charge in [0.05, 0.1) is 34.9 Å². The highest BCUT2D eigenvalue weighted by Gasteiger charge is 2.18. The quantitative estimate of drug-likeness (QED) is 0.346. The SMILES string of the molecule is CN1CCN(c2ccc(Nc3nc(Nc4ccccc4N(C)S(C)(=O)=O)c4cc[nH]c4n3)nc2)CC1. The Hall–Kier alpha value is -3.90. The number of benzene rings is 1. The molecule has 12 heteroatoms. The molecule has 3 N–H and O–H groups in total. The molecule has 0 aliphatic carbocycles. The van der Waals surface area contributed by atoms with Gasteiger partial charge in [-0.1, -0.05) is 12.1 Å². The van der Waals surface area contributed by atoms with Gasteiger partial charge in [0.25, 0.3) is 0 Å². The van der Waals surface area contributed by atoms with Crippen molar-refractivity contribution in [3.8, 4) is 0 Å². The zero-order chi connectivity index (χ0) is 25.3. The van der Waals surface area contributed by atoms with Crippen molar-refractivity contribution < 1.29 is 8.42 Å². The molecule has 188 valence electrons. The minimum atomic E-state index is -3.44. The van der Waals surface area contributed by atoms with Gasteiger partial charge in [0, 0.05) is 39.4 Å². The van der Waals surface area contributed by atoms with Gasteiger partial charge in [-0.15, -0.1) is 0 Å². The topological polar surface area (TPSA) is 122 Å². The van der Waals surface area contributed by atoms with Gasteiger partial charge >= 0.3 is 0 Å². The Morgan fingerprint density at radius 2 is 1.78 bits per heavy atom. The molecule has 0 spiro atoms. The van der Waals surface area contributed by atoms with Gasteiger partial charge in [-0.25, -0.2) is 13.4 Å². The van der Waals surface area contributed by atoms with E-state index in [9.17, 15) is 8.42 Å². The predicted molar refractivity (Wildman–Crippen MR) is 144 cm³/mol. The molecule has 0 radical (unpaired) electrons. The van der Waals surface area contributed by atoms with E-state index in [0.717, 1.165) is 37.3 Å². The van der Waals surface area contributed by atoms with E-state index < -0.39 is 10.0 Å². The molecule has 1 saturated heterocycles. The van der Waals surface area contributed by atoms with E-state index in [-0.39, 0.29) is 0 Å². The van der Waals surface area contributed by atoms with Crippen LogP contribution in [-0.2, 0) is 10.0 Å². The van der Waals surface area contributed by atoms with Crippen LogP contribution in [0.15, 0.2) is 54.9 Å². The fraction of sp³-hybridized carbons (Fsp3) is 0.292. The fourth-order valence-corrected chi connectivity index (χ4v) is 4.60. The van der Waals surface area contributed by atoms with Crippen molar-refractivity contribution in [2.75, 3.05) is 66.4 Å². The molecule has 4 aromatic rings. The summed E-state index contributed by atoms with van der Waals surface area (Å²) in [5.41, 5.74) is 2.84. The summed E-state index contributed by atoms with van der Waals surface area (Å²) in [6, 6.07) is 13.0. The minimum absolute atomic E-state index is 0.362. The first kappa shape index (κ1) is 23.8. The van der Waals surface area contributed by atoms with Crippen LogP contribution in [0.4, 0.5) is 34.6 Å². The first-order chi connectivity index (χ1) is 17.3. The number of fused-ring (bicyclic) bond motifs is 1. The van der Waals surface area contributed by atoms with E-state index in [4.69, 9.17) is 0 Å². The fourth-order valence-electron chi connectivity index (χ4n) is 4.08. The van der Waals surface area contributed by atoms with Crippen LogP contribution in [0.1, 0.15) is 0 Å². The maximum absolute atomic E-state index is 12.1. The summed E-state index contributed by atoms with van der Waals surface area (Å²) in [4.78, 5) is 21.6. The molecule has 36 heavy (non-hydrogen) atoms. The molecule has 1 aliphatic heterocycles. The van der Waals surface area contributed by atoms with Gasteiger partial charge in [-0.2, -0.15) is 9.97 Å². The van der Waals surface area contributed by atoms with Crippen molar-refractivity contribution in [1.82, 2.24) is 24.8 Å². The van der Waals surface area contributed by atoms with Crippen LogP contribution in [0.3, 0.4) is 0 Å². The second kappa shape index (κ2) is 9.63. The van der Waals surface area contributed by atoms with E-state index in [1.54, 1.807) is 18.3 Å². The number of H-pyrrole nitrogens is 1. The third-order valence-electron chi connectivity index (χ3n) is 6.27.